The van der Waals surface area contributed by atoms with Gasteiger partial charge >= 0.3 is 0 Å². The lowest BCUT2D eigenvalue weighted by Gasteiger charge is -2.43. The molecule has 0 unspecified atom stereocenters. The first-order valence-electron chi connectivity index (χ1n) is 6.26. The molecule has 0 atom stereocenters. The third-order valence-electron chi connectivity index (χ3n) is 4.37. The van der Waals surface area contributed by atoms with Crippen LogP contribution in [0.3, 0.4) is 0 Å². The Morgan fingerprint density at radius 3 is 2.19 bits per heavy atom. The van der Waals surface area contributed by atoms with Crippen molar-refractivity contribution in [3.63, 3.8) is 0 Å². The lowest BCUT2D eigenvalue weighted by Crippen LogP contribution is -2.50. The van der Waals surface area contributed by atoms with Crippen LogP contribution in [0.25, 0.3) is 0 Å². The molecule has 0 radical (unpaired) electrons. The van der Waals surface area contributed by atoms with Gasteiger partial charge < -0.3 is 11.1 Å². The number of rotatable bonds is 2. The van der Waals surface area contributed by atoms with Crippen LogP contribution in [0.5, 0.6) is 0 Å². The maximum Gasteiger partial charge on any atom is 0.224 e. The molecule has 16 heavy (non-hydrogen) atoms. The minimum absolute atomic E-state index is 0. The van der Waals surface area contributed by atoms with Crippen LogP contribution in [0.1, 0.15) is 44.9 Å². The summed E-state index contributed by atoms with van der Waals surface area (Å²) in [7, 11) is 0. The zero-order valence-corrected chi connectivity index (χ0v) is 10.7. The molecule has 1 amide bonds. The third kappa shape index (κ3) is 2.51. The highest BCUT2D eigenvalue weighted by molar-refractivity contribution is 5.85. The van der Waals surface area contributed by atoms with Gasteiger partial charge in [0.2, 0.25) is 5.91 Å². The molecule has 2 rings (SSSR count). The molecular formula is C12H23ClN2O. The van der Waals surface area contributed by atoms with E-state index in [-0.39, 0.29) is 23.7 Å². The molecule has 3 N–H and O–H groups in total. The summed E-state index contributed by atoms with van der Waals surface area (Å²) in [5.74, 6) is 0.516. The van der Waals surface area contributed by atoms with E-state index in [4.69, 9.17) is 5.73 Å². The molecule has 2 aliphatic rings. The number of nitrogens with two attached hydrogens (primary N) is 1. The van der Waals surface area contributed by atoms with Crippen molar-refractivity contribution in [2.75, 3.05) is 13.1 Å². The lowest BCUT2D eigenvalue weighted by molar-refractivity contribution is -0.133. The predicted octanol–water partition coefficient (Wildman–Crippen LogP) is 1.84. The van der Waals surface area contributed by atoms with Crippen molar-refractivity contribution in [3.05, 3.63) is 0 Å². The van der Waals surface area contributed by atoms with Crippen molar-refractivity contribution in [2.24, 2.45) is 17.1 Å². The van der Waals surface area contributed by atoms with Crippen molar-refractivity contribution in [1.29, 1.82) is 0 Å². The minimum Gasteiger partial charge on any atom is -0.369 e. The van der Waals surface area contributed by atoms with Crippen LogP contribution in [0.15, 0.2) is 0 Å². The largest absolute Gasteiger partial charge is 0.369 e. The standard InChI is InChI=1S/C12H22N2O.ClH/c13-11(15)12(6-8-14-9-7-12)10-4-2-1-3-5-10;/h10,14H,1-9H2,(H2,13,15);1H. The van der Waals surface area contributed by atoms with Gasteiger partial charge in [-0.25, -0.2) is 0 Å². The minimum atomic E-state index is -0.175. The van der Waals surface area contributed by atoms with Crippen LogP contribution >= 0.6 is 12.4 Å². The molecule has 1 aliphatic carbocycles. The molecule has 94 valence electrons. The zero-order chi connectivity index (χ0) is 10.7. The summed E-state index contributed by atoms with van der Waals surface area (Å²) in [6, 6.07) is 0. The Balaban J connectivity index is 0.00000128. The van der Waals surface area contributed by atoms with Gasteiger partial charge in [-0.05, 0) is 44.7 Å². The van der Waals surface area contributed by atoms with Crippen LogP contribution in [0.2, 0.25) is 0 Å². The second kappa shape index (κ2) is 5.87. The average Bonchev–Trinajstić information content (AvgIpc) is 2.31. The maximum absolute atomic E-state index is 11.8. The summed E-state index contributed by atoms with van der Waals surface area (Å²) in [5, 5.41) is 3.33. The number of halogens is 1. The Labute approximate surface area is 104 Å². The SMILES string of the molecule is Cl.NC(=O)C1(C2CCCCC2)CCNCC1. The van der Waals surface area contributed by atoms with E-state index < -0.39 is 0 Å². The fraction of sp³-hybridized carbons (Fsp3) is 0.917. The van der Waals surface area contributed by atoms with Gasteiger partial charge in [-0.2, -0.15) is 0 Å². The number of amides is 1. The highest BCUT2D eigenvalue weighted by Crippen LogP contribution is 2.44. The van der Waals surface area contributed by atoms with Gasteiger partial charge in [-0.1, -0.05) is 19.3 Å². The number of hydrogen-bond donors (Lipinski definition) is 2. The summed E-state index contributed by atoms with van der Waals surface area (Å²) in [4.78, 5) is 11.8. The fourth-order valence-corrected chi connectivity index (χ4v) is 3.38. The van der Waals surface area contributed by atoms with Crippen molar-refractivity contribution in [3.8, 4) is 0 Å². The van der Waals surface area contributed by atoms with Crippen LogP contribution in [0.4, 0.5) is 0 Å². The first kappa shape index (κ1) is 13.8. The molecule has 3 nitrogen and oxygen atoms in total. The van der Waals surface area contributed by atoms with Gasteiger partial charge in [-0.3, -0.25) is 4.79 Å². The van der Waals surface area contributed by atoms with E-state index in [0.29, 0.717) is 5.92 Å². The third-order valence-corrected chi connectivity index (χ3v) is 4.37. The van der Waals surface area contributed by atoms with Gasteiger partial charge in [-0.15, -0.1) is 12.4 Å². The second-order valence-corrected chi connectivity index (χ2v) is 5.11. The average molecular weight is 247 g/mol. The van der Waals surface area contributed by atoms with Gasteiger partial charge in [0.05, 0.1) is 5.41 Å². The predicted molar refractivity (Wildman–Crippen MR) is 67.6 cm³/mol. The smallest absolute Gasteiger partial charge is 0.224 e. The van der Waals surface area contributed by atoms with Gasteiger partial charge in [0.25, 0.3) is 0 Å². The van der Waals surface area contributed by atoms with Gasteiger partial charge in [0, 0.05) is 0 Å². The fourth-order valence-electron chi connectivity index (χ4n) is 3.38. The molecule has 1 saturated carbocycles. The number of nitrogens with one attached hydrogen (secondary N) is 1. The monoisotopic (exact) mass is 246 g/mol. The van der Waals surface area contributed by atoms with Crippen molar-refractivity contribution in [2.45, 2.75) is 44.9 Å². The molecule has 0 aromatic carbocycles. The van der Waals surface area contributed by atoms with Gasteiger partial charge in [0.15, 0.2) is 0 Å². The van der Waals surface area contributed by atoms with E-state index in [1.165, 1.54) is 32.1 Å². The van der Waals surface area contributed by atoms with Crippen LogP contribution in [0, 0.1) is 11.3 Å². The number of hydrogen-bond acceptors (Lipinski definition) is 2. The highest BCUT2D eigenvalue weighted by atomic mass is 35.5. The van der Waals surface area contributed by atoms with Crippen LogP contribution in [-0.4, -0.2) is 19.0 Å². The highest BCUT2D eigenvalue weighted by Gasteiger charge is 2.44. The molecule has 2 fully saturated rings. The van der Waals surface area contributed by atoms with E-state index in [0.717, 1.165) is 25.9 Å². The lowest BCUT2D eigenvalue weighted by atomic mass is 9.63. The Morgan fingerprint density at radius 1 is 1.12 bits per heavy atom. The number of carbonyl (C=O) groups is 1. The zero-order valence-electron chi connectivity index (χ0n) is 9.84. The molecule has 0 aromatic rings. The molecule has 0 aromatic heterocycles. The topological polar surface area (TPSA) is 55.1 Å². The number of piperidine rings is 1. The molecule has 4 heteroatoms. The Morgan fingerprint density at radius 2 is 1.69 bits per heavy atom. The quantitative estimate of drug-likeness (QED) is 0.781. The Kier molecular flexibility index (Phi) is 5.06. The van der Waals surface area contributed by atoms with Crippen LogP contribution < -0.4 is 11.1 Å². The van der Waals surface area contributed by atoms with Crippen molar-refractivity contribution >= 4 is 18.3 Å². The summed E-state index contributed by atoms with van der Waals surface area (Å²) in [6.07, 6.45) is 8.23. The first-order chi connectivity index (χ1) is 7.26. The molecule has 1 aliphatic heterocycles. The van der Waals surface area contributed by atoms with Crippen molar-refractivity contribution in [1.82, 2.24) is 5.32 Å². The summed E-state index contributed by atoms with van der Waals surface area (Å²) >= 11 is 0. The number of primary amides is 1. The molecule has 0 bridgehead atoms. The molecule has 1 saturated heterocycles. The normalized spacial score (nSPS) is 25.8. The van der Waals surface area contributed by atoms with E-state index in [9.17, 15) is 4.79 Å². The second-order valence-electron chi connectivity index (χ2n) is 5.11. The summed E-state index contributed by atoms with van der Waals surface area (Å²) in [6.45, 7) is 1.92. The van der Waals surface area contributed by atoms with E-state index in [2.05, 4.69) is 5.32 Å². The summed E-state index contributed by atoms with van der Waals surface area (Å²) in [5.41, 5.74) is 5.49. The van der Waals surface area contributed by atoms with Gasteiger partial charge in [0.1, 0.15) is 0 Å². The number of carbonyl (C=O) groups excluding carboxylic acids is 1. The maximum atomic E-state index is 11.8. The van der Waals surface area contributed by atoms with E-state index >= 15 is 0 Å². The summed E-state index contributed by atoms with van der Waals surface area (Å²) < 4.78 is 0. The van der Waals surface area contributed by atoms with E-state index in [1.54, 1.807) is 0 Å². The Bertz CT molecular complexity index is 233. The van der Waals surface area contributed by atoms with Crippen LogP contribution in [-0.2, 0) is 4.79 Å². The molecule has 1 heterocycles. The first-order valence-corrected chi connectivity index (χ1v) is 6.26. The Hall–Kier alpha value is -0.280. The molecule has 0 spiro atoms. The van der Waals surface area contributed by atoms with Crippen molar-refractivity contribution < 1.29 is 4.79 Å². The molecular weight excluding hydrogens is 224 g/mol. The van der Waals surface area contributed by atoms with E-state index in [1.807, 2.05) is 0 Å².